The minimum atomic E-state index is -0.380. The number of H-pyrrole nitrogens is 1. The van der Waals surface area contributed by atoms with Gasteiger partial charge >= 0.3 is 5.97 Å². The first-order valence-electron chi connectivity index (χ1n) is 8.29. The minimum absolute atomic E-state index is 0.154. The van der Waals surface area contributed by atoms with Crippen LogP contribution in [0.5, 0.6) is 0 Å². The number of nitrogens with one attached hydrogen (secondary N) is 2. The number of nitrogens with zero attached hydrogens (tertiary/aromatic N) is 1. The molecule has 2 N–H and O–H groups in total. The molecule has 1 heterocycles. The minimum Gasteiger partial charge on any atom is -0.459 e. The summed E-state index contributed by atoms with van der Waals surface area (Å²) < 4.78 is 6.10. The van der Waals surface area contributed by atoms with Crippen LogP contribution in [0, 0.1) is 0 Å². The number of benzene rings is 2. The van der Waals surface area contributed by atoms with Crippen molar-refractivity contribution >= 4 is 56.3 Å². The number of thioether (sulfide) groups is 1. The Kier molecular flexibility index (Phi) is 6.18. The Hall–Kier alpha value is -2.32. The Labute approximate surface area is 169 Å². The van der Waals surface area contributed by atoms with Crippen LogP contribution < -0.4 is 5.32 Å². The molecule has 0 fully saturated rings. The summed E-state index contributed by atoms with van der Waals surface area (Å²) >= 11 is 4.74. The number of esters is 1. The maximum Gasteiger partial charge on any atom is 0.338 e. The van der Waals surface area contributed by atoms with Gasteiger partial charge in [0, 0.05) is 10.2 Å². The van der Waals surface area contributed by atoms with E-state index >= 15 is 0 Å². The Morgan fingerprint density at radius 1 is 1.22 bits per heavy atom. The van der Waals surface area contributed by atoms with Gasteiger partial charge in [-0.3, -0.25) is 4.79 Å². The van der Waals surface area contributed by atoms with Crippen LogP contribution in [0.4, 0.5) is 5.69 Å². The van der Waals surface area contributed by atoms with Crippen LogP contribution in [-0.4, -0.2) is 33.7 Å². The molecule has 6 nitrogen and oxygen atoms in total. The number of aromatic nitrogens is 2. The van der Waals surface area contributed by atoms with Crippen molar-refractivity contribution in [1.82, 2.24) is 9.97 Å². The second-order valence-corrected chi connectivity index (χ2v) is 7.95. The summed E-state index contributed by atoms with van der Waals surface area (Å²) in [5.74, 6) is -0.313. The second-order valence-electron chi connectivity index (χ2n) is 6.07. The molecule has 0 aliphatic heterocycles. The SMILES string of the molecule is CC(C)OC(=O)c1ccc(NC(=O)CSc2nc3ccc(Br)cc3[nH]2)cc1. The van der Waals surface area contributed by atoms with Gasteiger partial charge in [-0.2, -0.15) is 0 Å². The van der Waals surface area contributed by atoms with Gasteiger partial charge < -0.3 is 15.0 Å². The zero-order valence-corrected chi connectivity index (χ0v) is 17.2. The number of imidazole rings is 1. The first kappa shape index (κ1) is 19.4. The van der Waals surface area contributed by atoms with Gasteiger partial charge in [-0.25, -0.2) is 9.78 Å². The van der Waals surface area contributed by atoms with Crippen LogP contribution in [0.15, 0.2) is 52.1 Å². The highest BCUT2D eigenvalue weighted by molar-refractivity contribution is 9.10. The molecule has 8 heteroatoms. The standard InChI is InChI=1S/C19H18BrN3O3S/c1-11(2)26-18(25)12-3-6-14(7-4-12)21-17(24)10-27-19-22-15-8-5-13(20)9-16(15)23-19/h3-9,11H,10H2,1-2H3,(H,21,24)(H,22,23). The number of fused-ring (bicyclic) bond motifs is 1. The van der Waals surface area contributed by atoms with E-state index in [1.165, 1.54) is 11.8 Å². The number of rotatable bonds is 6. The monoisotopic (exact) mass is 447 g/mol. The number of carbonyl (C=O) groups is 2. The number of hydrogen-bond donors (Lipinski definition) is 2. The lowest BCUT2D eigenvalue weighted by Crippen LogP contribution is -2.15. The normalized spacial score (nSPS) is 11.0. The summed E-state index contributed by atoms with van der Waals surface area (Å²) in [4.78, 5) is 31.6. The Morgan fingerprint density at radius 3 is 2.67 bits per heavy atom. The molecular formula is C19H18BrN3O3S. The number of amides is 1. The zero-order valence-electron chi connectivity index (χ0n) is 14.8. The average molecular weight is 448 g/mol. The highest BCUT2D eigenvalue weighted by atomic mass is 79.9. The van der Waals surface area contributed by atoms with Crippen LogP contribution in [-0.2, 0) is 9.53 Å². The summed E-state index contributed by atoms with van der Waals surface area (Å²) in [6.07, 6.45) is -0.173. The third kappa shape index (κ3) is 5.33. The predicted octanol–water partition coefficient (Wildman–Crippen LogP) is 4.62. The van der Waals surface area contributed by atoms with Crippen molar-refractivity contribution in [2.75, 3.05) is 11.1 Å². The first-order valence-corrected chi connectivity index (χ1v) is 10.1. The highest BCUT2D eigenvalue weighted by Gasteiger charge is 2.11. The molecule has 0 atom stereocenters. The van der Waals surface area contributed by atoms with Crippen LogP contribution in [0.3, 0.4) is 0 Å². The summed E-state index contributed by atoms with van der Waals surface area (Å²) in [5, 5.41) is 3.49. The second kappa shape index (κ2) is 8.58. The Bertz CT molecular complexity index is 970. The van der Waals surface area contributed by atoms with Crippen molar-refractivity contribution in [3.63, 3.8) is 0 Å². The Morgan fingerprint density at radius 2 is 1.96 bits per heavy atom. The van der Waals surface area contributed by atoms with Gasteiger partial charge in [0.05, 0.1) is 28.5 Å². The molecule has 2 aromatic carbocycles. The molecule has 0 bridgehead atoms. The van der Waals surface area contributed by atoms with Crippen molar-refractivity contribution in [1.29, 1.82) is 0 Å². The lowest BCUT2D eigenvalue weighted by molar-refractivity contribution is -0.113. The molecule has 0 aliphatic carbocycles. The summed E-state index contributed by atoms with van der Waals surface area (Å²) in [6, 6.07) is 12.4. The van der Waals surface area contributed by atoms with Gasteiger partial charge in [-0.05, 0) is 56.3 Å². The van der Waals surface area contributed by atoms with Gasteiger partial charge in [0.2, 0.25) is 5.91 Å². The van der Waals surface area contributed by atoms with Crippen molar-refractivity contribution in [3.05, 3.63) is 52.5 Å². The van der Waals surface area contributed by atoms with Crippen molar-refractivity contribution < 1.29 is 14.3 Å². The van der Waals surface area contributed by atoms with Gasteiger partial charge in [-0.15, -0.1) is 0 Å². The largest absolute Gasteiger partial charge is 0.459 e. The molecule has 0 aliphatic rings. The van der Waals surface area contributed by atoms with Crippen LogP contribution in [0.1, 0.15) is 24.2 Å². The molecule has 0 unspecified atom stereocenters. The van der Waals surface area contributed by atoms with Gasteiger partial charge in [-0.1, -0.05) is 27.7 Å². The number of aromatic amines is 1. The van der Waals surface area contributed by atoms with Crippen LogP contribution in [0.25, 0.3) is 11.0 Å². The van der Waals surface area contributed by atoms with Gasteiger partial charge in [0.1, 0.15) is 0 Å². The topological polar surface area (TPSA) is 84.1 Å². The van der Waals surface area contributed by atoms with Crippen molar-refractivity contribution in [3.8, 4) is 0 Å². The van der Waals surface area contributed by atoms with Crippen molar-refractivity contribution in [2.45, 2.75) is 25.1 Å². The number of halogens is 1. The molecule has 140 valence electrons. The van der Waals surface area contributed by atoms with E-state index in [0.717, 1.165) is 15.5 Å². The molecule has 27 heavy (non-hydrogen) atoms. The molecule has 1 amide bonds. The molecule has 3 aromatic rings. The van der Waals surface area contributed by atoms with Crippen LogP contribution >= 0.6 is 27.7 Å². The molecule has 0 saturated heterocycles. The zero-order chi connectivity index (χ0) is 19.4. The molecular weight excluding hydrogens is 430 g/mol. The van der Waals surface area contributed by atoms with E-state index in [0.29, 0.717) is 16.4 Å². The summed E-state index contributed by atoms with van der Waals surface area (Å²) in [6.45, 7) is 3.59. The van der Waals surface area contributed by atoms with E-state index in [1.807, 2.05) is 18.2 Å². The number of carbonyl (C=O) groups excluding carboxylic acids is 2. The van der Waals surface area contributed by atoms with E-state index in [2.05, 4.69) is 31.2 Å². The smallest absolute Gasteiger partial charge is 0.338 e. The van der Waals surface area contributed by atoms with E-state index in [4.69, 9.17) is 4.74 Å². The van der Waals surface area contributed by atoms with E-state index in [-0.39, 0.29) is 23.7 Å². The third-order valence-corrected chi connectivity index (χ3v) is 4.88. The van der Waals surface area contributed by atoms with Crippen LogP contribution in [0.2, 0.25) is 0 Å². The maximum atomic E-state index is 12.1. The number of ether oxygens (including phenoxy) is 1. The van der Waals surface area contributed by atoms with E-state index in [1.54, 1.807) is 38.1 Å². The lowest BCUT2D eigenvalue weighted by Gasteiger charge is -2.09. The summed E-state index contributed by atoms with van der Waals surface area (Å²) in [7, 11) is 0. The number of hydrogen-bond acceptors (Lipinski definition) is 5. The molecule has 1 aromatic heterocycles. The highest BCUT2D eigenvalue weighted by Crippen LogP contribution is 2.22. The molecule has 0 saturated carbocycles. The predicted molar refractivity (Wildman–Crippen MR) is 110 cm³/mol. The average Bonchev–Trinajstić information content (AvgIpc) is 3.02. The quantitative estimate of drug-likeness (QED) is 0.425. The van der Waals surface area contributed by atoms with Gasteiger partial charge in [0.25, 0.3) is 0 Å². The molecule has 3 rings (SSSR count). The van der Waals surface area contributed by atoms with E-state index in [9.17, 15) is 9.59 Å². The molecule has 0 radical (unpaired) electrons. The lowest BCUT2D eigenvalue weighted by atomic mass is 10.2. The maximum absolute atomic E-state index is 12.1. The van der Waals surface area contributed by atoms with Crippen molar-refractivity contribution in [2.24, 2.45) is 0 Å². The fraction of sp³-hybridized carbons (Fsp3) is 0.211. The third-order valence-electron chi connectivity index (χ3n) is 3.51. The Balaban J connectivity index is 1.54. The number of anilines is 1. The first-order chi connectivity index (χ1) is 12.9. The molecule has 0 spiro atoms. The fourth-order valence-electron chi connectivity index (χ4n) is 2.33. The fourth-order valence-corrected chi connectivity index (χ4v) is 3.38. The van der Waals surface area contributed by atoms with Gasteiger partial charge in [0.15, 0.2) is 5.16 Å². The van der Waals surface area contributed by atoms with E-state index < -0.39 is 0 Å². The summed E-state index contributed by atoms with van der Waals surface area (Å²) in [5.41, 5.74) is 2.83.